The number of aromatic nitrogens is 2. The molecule has 0 aliphatic heterocycles. The quantitative estimate of drug-likeness (QED) is 0.762. The first-order valence-corrected chi connectivity index (χ1v) is 6.61. The third kappa shape index (κ3) is 2.06. The Bertz CT molecular complexity index is 759. The van der Waals surface area contributed by atoms with E-state index in [0.29, 0.717) is 12.2 Å². The lowest BCUT2D eigenvalue weighted by molar-refractivity contribution is 0.0995. The zero-order chi connectivity index (χ0) is 13.4. The molecular formula is C13H12N4OS. The molecule has 4 N–H and O–H groups in total. The van der Waals surface area contributed by atoms with Crippen LogP contribution in [-0.2, 0) is 6.54 Å². The number of nitrogens with two attached hydrogens (primary N) is 2. The van der Waals surface area contributed by atoms with Gasteiger partial charge in [-0.25, -0.2) is 0 Å². The fourth-order valence-electron chi connectivity index (χ4n) is 2.04. The predicted molar refractivity (Wildman–Crippen MR) is 76.1 cm³/mol. The molecule has 0 atom stereocenters. The van der Waals surface area contributed by atoms with Gasteiger partial charge in [0.25, 0.3) is 5.91 Å². The number of hydrogen-bond acceptors (Lipinski definition) is 4. The minimum atomic E-state index is -0.605. The lowest BCUT2D eigenvalue weighted by Gasteiger charge is -1.99. The average Bonchev–Trinajstić information content (AvgIpc) is 2.95. The normalized spacial score (nSPS) is 10.9. The topological polar surface area (TPSA) is 86.9 Å². The number of rotatable bonds is 3. The van der Waals surface area contributed by atoms with Crippen LogP contribution in [0.4, 0.5) is 5.69 Å². The Hall–Kier alpha value is -2.34. The molecule has 0 bridgehead atoms. The summed E-state index contributed by atoms with van der Waals surface area (Å²) >= 11 is 1.69. The van der Waals surface area contributed by atoms with E-state index in [9.17, 15) is 4.79 Å². The lowest BCUT2D eigenvalue weighted by Crippen LogP contribution is -2.14. The van der Waals surface area contributed by atoms with Crippen LogP contribution in [0.2, 0.25) is 0 Å². The molecule has 2 aromatic heterocycles. The molecule has 1 amide bonds. The number of amides is 1. The van der Waals surface area contributed by atoms with Gasteiger partial charge in [-0.05, 0) is 22.4 Å². The number of hydrogen-bond donors (Lipinski definition) is 2. The van der Waals surface area contributed by atoms with E-state index in [2.05, 4.69) is 22.6 Å². The molecule has 19 heavy (non-hydrogen) atoms. The van der Waals surface area contributed by atoms with Crippen molar-refractivity contribution in [3.63, 3.8) is 0 Å². The summed E-state index contributed by atoms with van der Waals surface area (Å²) in [6.45, 7) is 0.571. The smallest absolute Gasteiger partial charge is 0.271 e. The summed E-state index contributed by atoms with van der Waals surface area (Å²) in [5, 5.41) is 7.40. The molecule has 5 nitrogen and oxygen atoms in total. The summed E-state index contributed by atoms with van der Waals surface area (Å²) in [5.41, 5.74) is 12.5. The molecule has 0 saturated carbocycles. The largest absolute Gasteiger partial charge is 0.396 e. The van der Waals surface area contributed by atoms with Crippen LogP contribution in [-0.4, -0.2) is 15.7 Å². The zero-order valence-corrected chi connectivity index (χ0v) is 10.9. The SMILES string of the molecule is NC(=O)c1nn(Cc2csc3ccccc23)cc1N. The van der Waals surface area contributed by atoms with Crippen LogP contribution < -0.4 is 11.5 Å². The van der Waals surface area contributed by atoms with Gasteiger partial charge in [-0.1, -0.05) is 18.2 Å². The van der Waals surface area contributed by atoms with Gasteiger partial charge < -0.3 is 11.5 Å². The fourth-order valence-corrected chi connectivity index (χ4v) is 2.99. The van der Waals surface area contributed by atoms with Gasteiger partial charge in [0, 0.05) is 10.9 Å². The summed E-state index contributed by atoms with van der Waals surface area (Å²) in [5.74, 6) is -0.605. The van der Waals surface area contributed by atoms with Gasteiger partial charge in [0.2, 0.25) is 0 Å². The number of thiophene rings is 1. The highest BCUT2D eigenvalue weighted by molar-refractivity contribution is 7.17. The summed E-state index contributed by atoms with van der Waals surface area (Å²) < 4.78 is 2.87. The molecule has 0 aliphatic rings. The van der Waals surface area contributed by atoms with E-state index in [1.165, 1.54) is 10.1 Å². The highest BCUT2D eigenvalue weighted by Crippen LogP contribution is 2.26. The van der Waals surface area contributed by atoms with Crippen molar-refractivity contribution in [1.82, 2.24) is 9.78 Å². The van der Waals surface area contributed by atoms with Crippen molar-refractivity contribution < 1.29 is 4.79 Å². The van der Waals surface area contributed by atoms with E-state index < -0.39 is 5.91 Å². The Labute approximate surface area is 113 Å². The van der Waals surface area contributed by atoms with Gasteiger partial charge in [-0.3, -0.25) is 9.48 Å². The fraction of sp³-hybridized carbons (Fsp3) is 0.0769. The van der Waals surface area contributed by atoms with E-state index >= 15 is 0 Å². The number of nitrogen functional groups attached to an aromatic ring is 1. The molecule has 0 unspecified atom stereocenters. The molecule has 3 rings (SSSR count). The minimum Gasteiger partial charge on any atom is -0.396 e. The van der Waals surface area contributed by atoms with Crippen LogP contribution in [0.1, 0.15) is 16.1 Å². The van der Waals surface area contributed by atoms with Crippen molar-refractivity contribution in [1.29, 1.82) is 0 Å². The lowest BCUT2D eigenvalue weighted by atomic mass is 10.2. The number of fused-ring (bicyclic) bond motifs is 1. The van der Waals surface area contributed by atoms with Gasteiger partial charge in [-0.15, -0.1) is 11.3 Å². The van der Waals surface area contributed by atoms with Crippen molar-refractivity contribution in [3.8, 4) is 0 Å². The van der Waals surface area contributed by atoms with Gasteiger partial charge in [-0.2, -0.15) is 5.10 Å². The molecule has 3 aromatic rings. The Balaban J connectivity index is 1.97. The summed E-state index contributed by atoms with van der Waals surface area (Å²) in [6, 6.07) is 8.17. The van der Waals surface area contributed by atoms with Crippen molar-refractivity contribution in [2.45, 2.75) is 6.54 Å². The van der Waals surface area contributed by atoms with Gasteiger partial charge in [0.15, 0.2) is 5.69 Å². The zero-order valence-electron chi connectivity index (χ0n) is 10.0. The summed E-state index contributed by atoms with van der Waals surface area (Å²) in [7, 11) is 0. The van der Waals surface area contributed by atoms with Crippen molar-refractivity contribution in [2.24, 2.45) is 5.73 Å². The van der Waals surface area contributed by atoms with Gasteiger partial charge in [0.05, 0.1) is 12.2 Å². The molecule has 96 valence electrons. The van der Waals surface area contributed by atoms with Crippen LogP contribution in [0.15, 0.2) is 35.8 Å². The van der Waals surface area contributed by atoms with E-state index in [-0.39, 0.29) is 5.69 Å². The second-order valence-corrected chi connectivity index (χ2v) is 5.16. The molecule has 0 aliphatic carbocycles. The van der Waals surface area contributed by atoms with Crippen LogP contribution in [0.25, 0.3) is 10.1 Å². The minimum absolute atomic E-state index is 0.125. The van der Waals surface area contributed by atoms with Crippen LogP contribution in [0.5, 0.6) is 0 Å². The van der Waals surface area contributed by atoms with Gasteiger partial charge in [0.1, 0.15) is 0 Å². The first-order valence-electron chi connectivity index (χ1n) is 5.73. The highest BCUT2D eigenvalue weighted by atomic mass is 32.1. The number of benzene rings is 1. The monoisotopic (exact) mass is 272 g/mol. The number of anilines is 1. The first-order chi connectivity index (χ1) is 9.15. The van der Waals surface area contributed by atoms with Crippen molar-refractivity contribution in [2.75, 3.05) is 5.73 Å². The number of carbonyl (C=O) groups is 1. The van der Waals surface area contributed by atoms with Crippen LogP contribution in [0, 0.1) is 0 Å². The molecule has 6 heteroatoms. The Morgan fingerprint density at radius 3 is 2.89 bits per heavy atom. The Morgan fingerprint density at radius 1 is 1.37 bits per heavy atom. The molecule has 0 radical (unpaired) electrons. The predicted octanol–water partition coefficient (Wildman–Crippen LogP) is 1.83. The standard InChI is InChI=1S/C13H12N4OS/c14-10-6-17(16-12(10)13(15)18)5-8-7-19-11-4-2-1-3-9(8)11/h1-4,6-7H,5,14H2,(H2,15,18). The summed E-state index contributed by atoms with van der Waals surface area (Å²) in [6.07, 6.45) is 1.63. The number of carbonyl (C=O) groups excluding carboxylic acids is 1. The molecular weight excluding hydrogens is 260 g/mol. The second kappa shape index (κ2) is 4.40. The molecule has 0 fully saturated rings. The average molecular weight is 272 g/mol. The maximum atomic E-state index is 11.1. The van der Waals surface area contributed by atoms with Crippen LogP contribution >= 0.6 is 11.3 Å². The van der Waals surface area contributed by atoms with E-state index in [4.69, 9.17) is 11.5 Å². The van der Waals surface area contributed by atoms with Gasteiger partial charge >= 0.3 is 0 Å². The maximum absolute atomic E-state index is 11.1. The third-order valence-electron chi connectivity index (χ3n) is 2.92. The van der Waals surface area contributed by atoms with E-state index in [0.717, 1.165) is 5.56 Å². The molecule has 0 saturated heterocycles. The second-order valence-electron chi connectivity index (χ2n) is 4.25. The van der Waals surface area contributed by atoms with E-state index in [1.807, 2.05) is 12.1 Å². The first kappa shape index (κ1) is 11.7. The highest BCUT2D eigenvalue weighted by Gasteiger charge is 2.12. The summed E-state index contributed by atoms with van der Waals surface area (Å²) in [4.78, 5) is 11.1. The van der Waals surface area contributed by atoms with Crippen LogP contribution in [0.3, 0.4) is 0 Å². The number of primary amides is 1. The molecule has 1 aromatic carbocycles. The number of nitrogens with zero attached hydrogens (tertiary/aromatic N) is 2. The van der Waals surface area contributed by atoms with Crippen molar-refractivity contribution >= 4 is 33.0 Å². The third-order valence-corrected chi connectivity index (χ3v) is 3.93. The molecule has 2 heterocycles. The Morgan fingerprint density at radius 2 is 2.16 bits per heavy atom. The van der Waals surface area contributed by atoms with Crippen molar-refractivity contribution in [3.05, 3.63) is 47.1 Å². The maximum Gasteiger partial charge on any atom is 0.271 e. The Kier molecular flexibility index (Phi) is 2.72. The molecule has 0 spiro atoms. The van der Waals surface area contributed by atoms with E-state index in [1.54, 1.807) is 22.2 Å².